The van der Waals surface area contributed by atoms with Crippen LogP contribution in [-0.4, -0.2) is 4.98 Å². The van der Waals surface area contributed by atoms with Gasteiger partial charge in [0.1, 0.15) is 5.82 Å². The highest BCUT2D eigenvalue weighted by Crippen LogP contribution is 2.27. The van der Waals surface area contributed by atoms with Crippen molar-refractivity contribution in [3.8, 4) is 0 Å². The molecule has 0 amide bonds. The number of hydrogen-bond donors (Lipinski definition) is 1. The van der Waals surface area contributed by atoms with Gasteiger partial charge in [0.2, 0.25) is 0 Å². The monoisotopic (exact) mass is 261 g/mol. The highest BCUT2D eigenvalue weighted by atomic mass is 79.9. The quantitative estimate of drug-likeness (QED) is 0.752. The van der Waals surface area contributed by atoms with Crippen molar-refractivity contribution in [2.24, 2.45) is 0 Å². The van der Waals surface area contributed by atoms with E-state index in [9.17, 15) is 4.39 Å². The fourth-order valence-electron chi connectivity index (χ4n) is 1.32. The van der Waals surface area contributed by atoms with Crippen LogP contribution in [-0.2, 0) is 5.88 Å². The van der Waals surface area contributed by atoms with Crippen LogP contribution in [0.4, 0.5) is 4.39 Å². The molecule has 0 aliphatic heterocycles. The first-order valence-electron chi connectivity index (χ1n) is 3.73. The van der Waals surface area contributed by atoms with Gasteiger partial charge in [0.15, 0.2) is 0 Å². The first kappa shape index (κ1) is 9.03. The minimum atomic E-state index is -0.259. The predicted molar refractivity (Wildman–Crippen MR) is 55.5 cm³/mol. The first-order valence-corrected chi connectivity index (χ1v) is 5.06. The smallest absolute Gasteiger partial charge is 0.125 e. The third-order valence-corrected chi connectivity index (χ3v) is 2.85. The van der Waals surface area contributed by atoms with Gasteiger partial charge in [-0.15, -0.1) is 11.6 Å². The molecular formula is C9H6BrClFN. The minimum absolute atomic E-state index is 0.259. The van der Waals surface area contributed by atoms with E-state index in [0.29, 0.717) is 5.88 Å². The molecule has 1 aromatic heterocycles. The Balaban J connectivity index is 2.82. The number of fused-ring (bicyclic) bond motifs is 1. The zero-order valence-electron chi connectivity index (χ0n) is 6.57. The summed E-state index contributed by atoms with van der Waals surface area (Å²) >= 11 is 8.97. The van der Waals surface area contributed by atoms with Crippen molar-refractivity contribution in [2.45, 2.75) is 5.88 Å². The summed E-state index contributed by atoms with van der Waals surface area (Å²) in [6.07, 6.45) is 1.79. The van der Waals surface area contributed by atoms with Crippen LogP contribution in [0.1, 0.15) is 5.56 Å². The van der Waals surface area contributed by atoms with E-state index in [4.69, 9.17) is 11.6 Å². The highest BCUT2D eigenvalue weighted by molar-refractivity contribution is 9.10. The second-order valence-corrected chi connectivity index (χ2v) is 3.88. The van der Waals surface area contributed by atoms with Gasteiger partial charge >= 0.3 is 0 Å². The normalized spacial score (nSPS) is 11.0. The van der Waals surface area contributed by atoms with Gasteiger partial charge in [0.05, 0.1) is 5.52 Å². The van der Waals surface area contributed by atoms with Gasteiger partial charge in [-0.2, -0.15) is 0 Å². The fourth-order valence-corrected chi connectivity index (χ4v) is 2.09. The van der Waals surface area contributed by atoms with Crippen LogP contribution in [0.2, 0.25) is 0 Å². The molecule has 0 radical (unpaired) electrons. The van der Waals surface area contributed by atoms with Crippen molar-refractivity contribution in [1.82, 2.24) is 4.98 Å². The molecule has 0 saturated heterocycles. The van der Waals surface area contributed by atoms with Crippen molar-refractivity contribution in [2.75, 3.05) is 0 Å². The van der Waals surface area contributed by atoms with Crippen LogP contribution in [0.15, 0.2) is 22.8 Å². The molecule has 0 unspecified atom stereocenters. The van der Waals surface area contributed by atoms with E-state index in [1.165, 1.54) is 12.1 Å². The standard InChI is InChI=1S/C9H6BrClFN/c10-8-2-6(12)1-7-5(3-11)4-13-9(7)8/h1-2,4,13H,3H2. The lowest BCUT2D eigenvalue weighted by Gasteiger charge is -1.96. The first-order chi connectivity index (χ1) is 6.22. The van der Waals surface area contributed by atoms with Crippen LogP contribution in [0.25, 0.3) is 10.9 Å². The molecule has 68 valence electrons. The maximum Gasteiger partial charge on any atom is 0.125 e. The summed E-state index contributed by atoms with van der Waals surface area (Å²) in [6.45, 7) is 0. The van der Waals surface area contributed by atoms with Crippen molar-refractivity contribution in [3.63, 3.8) is 0 Å². The van der Waals surface area contributed by atoms with E-state index in [0.717, 1.165) is 20.9 Å². The molecule has 1 heterocycles. The Bertz CT molecular complexity index is 452. The van der Waals surface area contributed by atoms with E-state index in [2.05, 4.69) is 20.9 Å². The minimum Gasteiger partial charge on any atom is -0.360 e. The van der Waals surface area contributed by atoms with Gasteiger partial charge in [-0.3, -0.25) is 0 Å². The summed E-state index contributed by atoms with van der Waals surface area (Å²) in [4.78, 5) is 3.04. The molecule has 0 fully saturated rings. The molecule has 0 aliphatic carbocycles. The molecule has 1 nitrogen and oxygen atoms in total. The maximum atomic E-state index is 13.0. The van der Waals surface area contributed by atoms with E-state index in [1.54, 1.807) is 6.20 Å². The Hall–Kier alpha value is -0.540. The van der Waals surface area contributed by atoms with Crippen molar-refractivity contribution < 1.29 is 4.39 Å². The number of H-pyrrole nitrogens is 1. The van der Waals surface area contributed by atoms with Crippen LogP contribution in [0.3, 0.4) is 0 Å². The highest BCUT2D eigenvalue weighted by Gasteiger charge is 2.07. The van der Waals surface area contributed by atoms with Gasteiger partial charge in [0, 0.05) is 21.9 Å². The van der Waals surface area contributed by atoms with Crippen LogP contribution in [0, 0.1) is 5.82 Å². The van der Waals surface area contributed by atoms with Crippen molar-refractivity contribution in [1.29, 1.82) is 0 Å². The molecule has 0 atom stereocenters. The molecule has 2 aromatic rings. The second-order valence-electron chi connectivity index (χ2n) is 2.76. The SMILES string of the molecule is Fc1cc(Br)c2[nH]cc(CCl)c2c1. The molecule has 2 rings (SSSR count). The summed E-state index contributed by atoms with van der Waals surface area (Å²) in [5.74, 6) is 0.126. The zero-order valence-corrected chi connectivity index (χ0v) is 8.91. The van der Waals surface area contributed by atoms with Crippen LogP contribution in [0.5, 0.6) is 0 Å². The van der Waals surface area contributed by atoms with E-state index in [1.807, 2.05) is 0 Å². The van der Waals surface area contributed by atoms with Gasteiger partial charge in [-0.25, -0.2) is 4.39 Å². The molecule has 1 aromatic carbocycles. The molecule has 0 aliphatic rings. The lowest BCUT2D eigenvalue weighted by molar-refractivity contribution is 0.629. The number of halogens is 3. The van der Waals surface area contributed by atoms with Crippen molar-refractivity contribution >= 4 is 38.4 Å². The Morgan fingerprint density at radius 1 is 1.46 bits per heavy atom. The Morgan fingerprint density at radius 2 is 2.23 bits per heavy atom. The van der Waals surface area contributed by atoms with Crippen LogP contribution >= 0.6 is 27.5 Å². The summed E-state index contributed by atoms with van der Waals surface area (Å²) in [5.41, 5.74) is 1.80. The average Bonchev–Trinajstić information content (AvgIpc) is 2.47. The lowest BCUT2D eigenvalue weighted by Crippen LogP contribution is -1.78. The number of benzene rings is 1. The number of alkyl halides is 1. The molecular weight excluding hydrogens is 256 g/mol. The third-order valence-electron chi connectivity index (χ3n) is 1.94. The summed E-state index contributed by atoms with van der Waals surface area (Å²) in [6, 6.07) is 2.91. The van der Waals surface area contributed by atoms with E-state index < -0.39 is 0 Å². The molecule has 13 heavy (non-hydrogen) atoms. The Labute approximate surface area is 88.0 Å². The Morgan fingerprint density at radius 3 is 2.92 bits per heavy atom. The molecule has 4 heteroatoms. The fraction of sp³-hybridized carbons (Fsp3) is 0.111. The van der Waals surface area contributed by atoms with Gasteiger partial charge in [0.25, 0.3) is 0 Å². The summed E-state index contributed by atoms with van der Waals surface area (Å²) < 4.78 is 13.7. The Kier molecular flexibility index (Phi) is 2.30. The van der Waals surface area contributed by atoms with E-state index in [-0.39, 0.29) is 5.82 Å². The van der Waals surface area contributed by atoms with E-state index >= 15 is 0 Å². The molecule has 0 spiro atoms. The predicted octanol–water partition coefficient (Wildman–Crippen LogP) is 3.81. The lowest BCUT2D eigenvalue weighted by atomic mass is 10.2. The summed E-state index contributed by atoms with van der Waals surface area (Å²) in [5, 5.41) is 0.835. The van der Waals surface area contributed by atoms with Gasteiger partial charge in [-0.1, -0.05) is 0 Å². The topological polar surface area (TPSA) is 15.8 Å². The van der Waals surface area contributed by atoms with Crippen LogP contribution < -0.4 is 0 Å². The number of aromatic amines is 1. The molecule has 0 bridgehead atoms. The second kappa shape index (κ2) is 3.31. The molecule has 1 N–H and O–H groups in total. The number of hydrogen-bond acceptors (Lipinski definition) is 0. The maximum absolute atomic E-state index is 13.0. The number of nitrogens with one attached hydrogen (secondary N) is 1. The zero-order chi connectivity index (χ0) is 9.42. The largest absolute Gasteiger partial charge is 0.360 e. The average molecular weight is 263 g/mol. The van der Waals surface area contributed by atoms with Gasteiger partial charge in [-0.05, 0) is 33.6 Å². The van der Waals surface area contributed by atoms with Gasteiger partial charge < -0.3 is 4.98 Å². The number of aromatic nitrogens is 1. The number of rotatable bonds is 1. The van der Waals surface area contributed by atoms with Crippen molar-refractivity contribution in [3.05, 3.63) is 34.2 Å². The summed E-state index contributed by atoms with van der Waals surface area (Å²) in [7, 11) is 0. The molecule has 0 saturated carbocycles. The third kappa shape index (κ3) is 1.46.